The van der Waals surface area contributed by atoms with Gasteiger partial charge in [-0.3, -0.25) is 24.5 Å². The van der Waals surface area contributed by atoms with E-state index in [1.165, 1.54) is 31.4 Å². The van der Waals surface area contributed by atoms with Crippen LogP contribution in [0.4, 0.5) is 11.4 Å². The topological polar surface area (TPSA) is 113 Å². The highest BCUT2D eigenvalue weighted by molar-refractivity contribution is 6.32. The fourth-order valence-electron chi connectivity index (χ4n) is 4.27. The van der Waals surface area contributed by atoms with Gasteiger partial charge in [-0.2, -0.15) is 0 Å². The standard InChI is InChI=1S/C23H23ClN4O6/c1-34-20-6-5-17(13-19(20)24)27-14-16(12-21(27)29)23(31)26-9-7-25(8-10-26)22(30)15-3-2-4-18(11-15)28(32)33/h2-6,11,13,16H,7-10,12,14H2,1H3/t16-/m1/s1. The van der Waals surface area contributed by atoms with Gasteiger partial charge in [0.05, 0.1) is 23.0 Å². The number of carbonyl (C=O) groups excluding carboxylic acids is 3. The number of hydrogen-bond acceptors (Lipinski definition) is 6. The van der Waals surface area contributed by atoms with E-state index >= 15 is 0 Å². The largest absolute Gasteiger partial charge is 0.495 e. The molecule has 4 rings (SSSR count). The summed E-state index contributed by atoms with van der Waals surface area (Å²) in [5.74, 6) is -0.569. The number of methoxy groups -OCH3 is 1. The van der Waals surface area contributed by atoms with Crippen LogP contribution in [0.15, 0.2) is 42.5 Å². The Morgan fingerprint density at radius 1 is 1.09 bits per heavy atom. The number of halogens is 1. The second-order valence-corrected chi connectivity index (χ2v) is 8.56. The molecular formula is C23H23ClN4O6. The van der Waals surface area contributed by atoms with Gasteiger partial charge in [0, 0.05) is 62.5 Å². The van der Waals surface area contributed by atoms with Gasteiger partial charge in [0.2, 0.25) is 11.8 Å². The maximum absolute atomic E-state index is 13.1. The molecule has 0 N–H and O–H groups in total. The minimum atomic E-state index is -0.542. The maximum Gasteiger partial charge on any atom is 0.270 e. The third-order valence-corrected chi connectivity index (χ3v) is 6.40. The number of carbonyl (C=O) groups is 3. The number of benzene rings is 2. The van der Waals surface area contributed by atoms with Gasteiger partial charge < -0.3 is 19.4 Å². The Hall–Kier alpha value is -3.66. The molecule has 2 aliphatic rings. The van der Waals surface area contributed by atoms with E-state index < -0.39 is 10.8 Å². The number of nitrogens with zero attached hydrogens (tertiary/aromatic N) is 4. The van der Waals surface area contributed by atoms with E-state index in [0.717, 1.165) is 0 Å². The van der Waals surface area contributed by atoms with E-state index in [9.17, 15) is 24.5 Å². The van der Waals surface area contributed by atoms with Gasteiger partial charge in [-0.05, 0) is 24.3 Å². The molecule has 0 aliphatic carbocycles. The molecular weight excluding hydrogens is 464 g/mol. The van der Waals surface area contributed by atoms with Crippen LogP contribution in [0.5, 0.6) is 5.75 Å². The Balaban J connectivity index is 1.36. The summed E-state index contributed by atoms with van der Waals surface area (Å²) in [6.45, 7) is 1.54. The first-order valence-electron chi connectivity index (χ1n) is 10.7. The molecule has 178 valence electrons. The van der Waals surface area contributed by atoms with E-state index in [0.29, 0.717) is 42.6 Å². The Labute approximate surface area is 200 Å². The summed E-state index contributed by atoms with van der Waals surface area (Å²) in [5, 5.41) is 11.4. The molecule has 1 atom stereocenters. The van der Waals surface area contributed by atoms with Crippen LogP contribution in [0.25, 0.3) is 0 Å². The number of rotatable bonds is 5. The quantitative estimate of drug-likeness (QED) is 0.474. The molecule has 0 aromatic heterocycles. The molecule has 2 saturated heterocycles. The number of piperazine rings is 1. The van der Waals surface area contributed by atoms with Crippen molar-refractivity contribution in [3.05, 3.63) is 63.2 Å². The summed E-state index contributed by atoms with van der Waals surface area (Å²) in [6.07, 6.45) is 0.106. The number of hydrogen-bond donors (Lipinski definition) is 0. The minimum absolute atomic E-state index is 0.106. The van der Waals surface area contributed by atoms with E-state index in [-0.39, 0.29) is 41.9 Å². The zero-order chi connectivity index (χ0) is 24.4. The summed E-state index contributed by atoms with van der Waals surface area (Å²) < 4.78 is 5.14. The van der Waals surface area contributed by atoms with Gasteiger partial charge >= 0.3 is 0 Å². The molecule has 0 unspecified atom stereocenters. The minimum Gasteiger partial charge on any atom is -0.495 e. The van der Waals surface area contributed by atoms with Crippen molar-refractivity contribution in [1.29, 1.82) is 0 Å². The molecule has 0 spiro atoms. The van der Waals surface area contributed by atoms with Gasteiger partial charge in [-0.25, -0.2) is 0 Å². The zero-order valence-corrected chi connectivity index (χ0v) is 19.2. The van der Waals surface area contributed by atoms with Crippen LogP contribution in [0.1, 0.15) is 16.8 Å². The fraction of sp³-hybridized carbons (Fsp3) is 0.348. The fourth-order valence-corrected chi connectivity index (χ4v) is 4.52. The molecule has 11 heteroatoms. The predicted octanol–water partition coefficient (Wildman–Crippen LogP) is 2.59. The van der Waals surface area contributed by atoms with E-state index in [1.54, 1.807) is 32.9 Å². The summed E-state index contributed by atoms with van der Waals surface area (Å²) in [5.41, 5.74) is 0.705. The van der Waals surface area contributed by atoms with Crippen molar-refractivity contribution in [2.75, 3.05) is 44.7 Å². The third kappa shape index (κ3) is 4.67. The Morgan fingerprint density at radius 3 is 2.44 bits per heavy atom. The molecule has 34 heavy (non-hydrogen) atoms. The average molecular weight is 487 g/mol. The average Bonchev–Trinajstić information content (AvgIpc) is 3.24. The van der Waals surface area contributed by atoms with Crippen LogP contribution in [0.3, 0.4) is 0 Å². The Bertz CT molecular complexity index is 1150. The van der Waals surface area contributed by atoms with Crippen molar-refractivity contribution in [3.63, 3.8) is 0 Å². The number of ether oxygens (including phenoxy) is 1. The molecule has 0 saturated carbocycles. The first kappa shape index (κ1) is 23.5. The van der Waals surface area contributed by atoms with Crippen LogP contribution >= 0.6 is 11.6 Å². The summed E-state index contributed by atoms with van der Waals surface area (Å²) >= 11 is 6.18. The van der Waals surface area contributed by atoms with Crippen molar-refractivity contribution in [3.8, 4) is 5.75 Å². The zero-order valence-electron chi connectivity index (χ0n) is 18.5. The van der Waals surface area contributed by atoms with Crippen LogP contribution in [0.2, 0.25) is 5.02 Å². The van der Waals surface area contributed by atoms with Crippen LogP contribution in [-0.4, -0.2) is 72.3 Å². The molecule has 2 heterocycles. The van der Waals surface area contributed by atoms with Crippen LogP contribution < -0.4 is 9.64 Å². The lowest BCUT2D eigenvalue weighted by Gasteiger charge is -2.36. The van der Waals surface area contributed by atoms with Gasteiger partial charge in [0.1, 0.15) is 5.75 Å². The first-order chi connectivity index (χ1) is 16.3. The van der Waals surface area contributed by atoms with Crippen molar-refractivity contribution < 1.29 is 24.0 Å². The lowest BCUT2D eigenvalue weighted by molar-refractivity contribution is -0.384. The highest BCUT2D eigenvalue weighted by Crippen LogP contribution is 2.33. The van der Waals surface area contributed by atoms with E-state index in [4.69, 9.17) is 16.3 Å². The lowest BCUT2D eigenvalue weighted by Crippen LogP contribution is -2.52. The number of amides is 3. The highest BCUT2D eigenvalue weighted by Gasteiger charge is 2.38. The van der Waals surface area contributed by atoms with Gasteiger partial charge in [-0.1, -0.05) is 17.7 Å². The van der Waals surface area contributed by atoms with E-state index in [2.05, 4.69) is 0 Å². The molecule has 0 bridgehead atoms. The Kier molecular flexibility index (Phi) is 6.69. The summed E-state index contributed by atoms with van der Waals surface area (Å²) in [6, 6.07) is 10.7. The second kappa shape index (κ2) is 9.68. The Morgan fingerprint density at radius 2 is 1.79 bits per heavy atom. The lowest BCUT2D eigenvalue weighted by atomic mass is 10.1. The smallest absolute Gasteiger partial charge is 0.270 e. The molecule has 3 amide bonds. The summed E-state index contributed by atoms with van der Waals surface area (Å²) in [7, 11) is 1.51. The third-order valence-electron chi connectivity index (χ3n) is 6.10. The monoisotopic (exact) mass is 486 g/mol. The number of nitro groups is 1. The molecule has 2 fully saturated rings. The predicted molar refractivity (Wildman–Crippen MR) is 124 cm³/mol. The van der Waals surface area contributed by atoms with Crippen molar-refractivity contribution in [1.82, 2.24) is 9.80 Å². The normalized spacial score (nSPS) is 18.2. The van der Waals surface area contributed by atoms with Crippen molar-refractivity contribution in [2.24, 2.45) is 5.92 Å². The van der Waals surface area contributed by atoms with Gasteiger partial charge in [0.25, 0.3) is 11.6 Å². The second-order valence-electron chi connectivity index (χ2n) is 8.15. The molecule has 2 aliphatic heterocycles. The SMILES string of the molecule is COc1ccc(N2C[C@H](C(=O)N3CCN(C(=O)c4cccc([N+](=O)[O-])c4)CC3)CC2=O)cc1Cl. The van der Waals surface area contributed by atoms with Gasteiger partial charge in [-0.15, -0.1) is 0 Å². The maximum atomic E-state index is 13.1. The van der Waals surface area contributed by atoms with Crippen LogP contribution in [-0.2, 0) is 9.59 Å². The highest BCUT2D eigenvalue weighted by atomic mass is 35.5. The molecule has 10 nitrogen and oxygen atoms in total. The number of nitro benzene ring substituents is 1. The van der Waals surface area contributed by atoms with Crippen molar-refractivity contribution in [2.45, 2.75) is 6.42 Å². The van der Waals surface area contributed by atoms with Gasteiger partial charge in [0.15, 0.2) is 0 Å². The number of anilines is 1. The van der Waals surface area contributed by atoms with Crippen molar-refractivity contribution >= 4 is 40.7 Å². The van der Waals surface area contributed by atoms with Crippen LogP contribution in [0, 0.1) is 16.0 Å². The van der Waals surface area contributed by atoms with E-state index in [1.807, 2.05) is 0 Å². The first-order valence-corrected chi connectivity index (χ1v) is 11.1. The molecule has 2 aromatic rings. The summed E-state index contributed by atoms with van der Waals surface area (Å²) in [4.78, 5) is 53.7. The number of non-ortho nitro benzene ring substituents is 1. The molecule has 2 aromatic carbocycles. The molecule has 0 radical (unpaired) electrons.